The Bertz CT molecular complexity index is 882. The predicted molar refractivity (Wildman–Crippen MR) is 109 cm³/mol. The maximum Gasteiger partial charge on any atom is 0.410 e. The molecule has 10 heteroatoms. The van der Waals surface area contributed by atoms with Crippen molar-refractivity contribution in [3.05, 3.63) is 24.3 Å². The van der Waals surface area contributed by atoms with Crippen molar-refractivity contribution in [3.8, 4) is 0 Å². The van der Waals surface area contributed by atoms with Gasteiger partial charge in [0.25, 0.3) is 0 Å². The average Bonchev–Trinajstić information content (AvgIpc) is 3.37. The third-order valence-corrected chi connectivity index (χ3v) is 7.58. The van der Waals surface area contributed by atoms with E-state index in [1.54, 1.807) is 17.3 Å². The molecule has 4 rings (SSSR count). The number of fused-ring (bicyclic) bond motifs is 1. The van der Waals surface area contributed by atoms with E-state index in [0.29, 0.717) is 12.3 Å². The van der Waals surface area contributed by atoms with E-state index in [4.69, 9.17) is 9.47 Å². The Hall–Kier alpha value is -1.78. The van der Waals surface area contributed by atoms with E-state index in [2.05, 4.69) is 14.7 Å². The predicted octanol–water partition coefficient (Wildman–Crippen LogP) is 1.45. The number of aromatic nitrogens is 2. The number of nitrogens with zero attached hydrogens (tertiary/aromatic N) is 3. The lowest BCUT2D eigenvalue weighted by Crippen LogP contribution is -2.50. The number of ether oxygens (including phenoxy) is 2. The molecule has 3 aliphatic rings. The lowest BCUT2D eigenvalue weighted by molar-refractivity contribution is -0.0103. The van der Waals surface area contributed by atoms with E-state index in [9.17, 15) is 13.2 Å². The van der Waals surface area contributed by atoms with Crippen LogP contribution in [0.2, 0.25) is 0 Å². The third kappa shape index (κ3) is 4.17. The van der Waals surface area contributed by atoms with Gasteiger partial charge in [-0.3, -0.25) is 4.90 Å². The van der Waals surface area contributed by atoms with Crippen molar-refractivity contribution >= 4 is 16.1 Å². The summed E-state index contributed by atoms with van der Waals surface area (Å²) in [5.41, 5.74) is 0.0986. The van der Waals surface area contributed by atoms with Crippen LogP contribution >= 0.6 is 0 Å². The Morgan fingerprint density at radius 1 is 1.33 bits per heavy atom. The minimum Gasteiger partial charge on any atom is -0.453 e. The first kappa shape index (κ1) is 21.5. The second kappa shape index (κ2) is 8.05. The molecular formula is C20H30N4O5S. The highest BCUT2D eigenvalue weighted by Crippen LogP contribution is 2.61. The summed E-state index contributed by atoms with van der Waals surface area (Å²) in [6, 6.07) is 0.909. The SMILES string of the molecule is COC(=O)N1C(COC2CCC3(c4ncccn4)CC3C2)[C@@H](NS(C)(=O)=O)C[C@H]1C. The molecule has 9 nitrogen and oxygen atoms in total. The lowest BCUT2D eigenvalue weighted by atomic mass is 9.86. The summed E-state index contributed by atoms with van der Waals surface area (Å²) in [4.78, 5) is 22.8. The Morgan fingerprint density at radius 3 is 2.70 bits per heavy atom. The van der Waals surface area contributed by atoms with Crippen molar-refractivity contribution in [1.82, 2.24) is 19.6 Å². The Kier molecular flexibility index (Phi) is 5.75. The van der Waals surface area contributed by atoms with Gasteiger partial charge in [-0.2, -0.15) is 0 Å². The molecule has 1 aliphatic heterocycles. The largest absolute Gasteiger partial charge is 0.453 e. The van der Waals surface area contributed by atoms with Crippen molar-refractivity contribution in [2.24, 2.45) is 5.92 Å². The highest BCUT2D eigenvalue weighted by atomic mass is 32.2. The van der Waals surface area contributed by atoms with Crippen LogP contribution in [0.3, 0.4) is 0 Å². The average molecular weight is 439 g/mol. The number of hydrogen-bond donors (Lipinski definition) is 1. The van der Waals surface area contributed by atoms with Gasteiger partial charge in [0, 0.05) is 29.9 Å². The van der Waals surface area contributed by atoms with E-state index in [-0.39, 0.29) is 24.2 Å². The first-order valence-corrected chi connectivity index (χ1v) is 12.4. The van der Waals surface area contributed by atoms with E-state index in [1.807, 2.05) is 13.0 Å². The molecule has 0 spiro atoms. The van der Waals surface area contributed by atoms with Gasteiger partial charge in [-0.25, -0.2) is 27.9 Å². The van der Waals surface area contributed by atoms with Gasteiger partial charge >= 0.3 is 6.09 Å². The molecular weight excluding hydrogens is 408 g/mol. The van der Waals surface area contributed by atoms with Crippen molar-refractivity contribution < 1.29 is 22.7 Å². The highest BCUT2D eigenvalue weighted by Gasteiger charge is 2.60. The van der Waals surface area contributed by atoms with Crippen molar-refractivity contribution in [2.45, 2.75) is 68.7 Å². The summed E-state index contributed by atoms with van der Waals surface area (Å²) in [5, 5.41) is 0. The molecule has 1 N–H and O–H groups in total. The molecule has 1 aromatic rings. The molecule has 1 amide bonds. The molecule has 0 radical (unpaired) electrons. The van der Waals surface area contributed by atoms with E-state index in [1.165, 1.54) is 7.11 Å². The van der Waals surface area contributed by atoms with Crippen LogP contribution in [0.4, 0.5) is 4.79 Å². The second-order valence-electron chi connectivity index (χ2n) is 8.89. The summed E-state index contributed by atoms with van der Waals surface area (Å²) < 4.78 is 37.5. The molecule has 2 aliphatic carbocycles. The maximum absolute atomic E-state index is 12.3. The van der Waals surface area contributed by atoms with E-state index >= 15 is 0 Å². The number of methoxy groups -OCH3 is 1. The molecule has 4 unspecified atom stereocenters. The fourth-order valence-corrected chi connectivity index (χ4v) is 6.16. The molecule has 1 saturated heterocycles. The first-order chi connectivity index (χ1) is 14.2. The number of nitrogens with one attached hydrogen (secondary N) is 1. The van der Waals surface area contributed by atoms with Crippen molar-refractivity contribution in [1.29, 1.82) is 0 Å². The van der Waals surface area contributed by atoms with Crippen LogP contribution in [0.1, 0.15) is 44.9 Å². The number of amides is 1. The van der Waals surface area contributed by atoms with Gasteiger partial charge in [-0.1, -0.05) is 0 Å². The second-order valence-corrected chi connectivity index (χ2v) is 10.7. The van der Waals surface area contributed by atoms with Crippen molar-refractivity contribution in [2.75, 3.05) is 20.0 Å². The van der Waals surface area contributed by atoms with Gasteiger partial charge in [0.2, 0.25) is 10.0 Å². The number of likely N-dealkylation sites (tertiary alicyclic amines) is 1. The van der Waals surface area contributed by atoms with Crippen LogP contribution in [-0.2, 0) is 24.9 Å². The molecule has 30 heavy (non-hydrogen) atoms. The van der Waals surface area contributed by atoms with E-state index < -0.39 is 28.2 Å². The first-order valence-electron chi connectivity index (χ1n) is 10.5. The van der Waals surface area contributed by atoms with Crippen LogP contribution in [0.25, 0.3) is 0 Å². The number of sulfonamides is 1. The van der Waals surface area contributed by atoms with Crippen LogP contribution in [-0.4, -0.2) is 73.6 Å². The zero-order valence-electron chi connectivity index (χ0n) is 17.7. The Morgan fingerprint density at radius 2 is 2.07 bits per heavy atom. The normalized spacial score (nSPS) is 35.7. The number of carbonyl (C=O) groups is 1. The molecule has 166 valence electrons. The molecule has 0 bridgehead atoms. The van der Waals surface area contributed by atoms with Gasteiger partial charge in [0.05, 0.1) is 32.1 Å². The van der Waals surface area contributed by atoms with Gasteiger partial charge < -0.3 is 9.47 Å². The molecule has 3 fully saturated rings. The van der Waals surface area contributed by atoms with Crippen molar-refractivity contribution in [3.63, 3.8) is 0 Å². The zero-order chi connectivity index (χ0) is 21.5. The molecule has 0 aromatic carbocycles. The van der Waals surface area contributed by atoms with Gasteiger partial charge in [-0.05, 0) is 51.0 Å². The number of carbonyl (C=O) groups excluding carboxylic acids is 1. The fourth-order valence-electron chi connectivity index (χ4n) is 5.36. The van der Waals surface area contributed by atoms with Crippen LogP contribution in [0.5, 0.6) is 0 Å². The summed E-state index contributed by atoms with van der Waals surface area (Å²) >= 11 is 0. The lowest BCUT2D eigenvalue weighted by Gasteiger charge is -2.32. The standard InChI is InChI=1S/C20H30N4O5S/c1-13-9-16(23-30(3,26)27)17(24(13)19(25)28-2)12-29-15-5-6-20(11-14(20)10-15)18-21-7-4-8-22-18/h4,7-8,13-17,23H,5-6,9-12H2,1-3H3/t13-,14?,15?,16+,17?,20?/m1/s1. The Balaban J connectivity index is 1.39. The summed E-state index contributed by atoms with van der Waals surface area (Å²) in [6.45, 7) is 2.17. The van der Waals surface area contributed by atoms with Crippen LogP contribution in [0, 0.1) is 5.92 Å². The molecule has 2 heterocycles. The van der Waals surface area contributed by atoms with Crippen LogP contribution in [0.15, 0.2) is 18.5 Å². The monoisotopic (exact) mass is 438 g/mol. The van der Waals surface area contributed by atoms with Crippen LogP contribution < -0.4 is 4.72 Å². The fraction of sp³-hybridized carbons (Fsp3) is 0.750. The summed E-state index contributed by atoms with van der Waals surface area (Å²) in [6.07, 6.45) is 8.79. The maximum atomic E-state index is 12.3. The Labute approximate surface area is 177 Å². The highest BCUT2D eigenvalue weighted by molar-refractivity contribution is 7.88. The minimum absolute atomic E-state index is 0.0867. The van der Waals surface area contributed by atoms with Gasteiger partial charge in [-0.15, -0.1) is 0 Å². The molecule has 2 saturated carbocycles. The number of hydrogen-bond acceptors (Lipinski definition) is 7. The number of rotatable bonds is 6. The third-order valence-electron chi connectivity index (χ3n) is 6.85. The smallest absolute Gasteiger partial charge is 0.410 e. The van der Waals surface area contributed by atoms with Gasteiger partial charge in [0.1, 0.15) is 5.82 Å². The van der Waals surface area contributed by atoms with E-state index in [0.717, 1.165) is 37.8 Å². The topological polar surface area (TPSA) is 111 Å². The summed E-state index contributed by atoms with van der Waals surface area (Å²) in [5.74, 6) is 1.45. The minimum atomic E-state index is -3.40. The quantitative estimate of drug-likeness (QED) is 0.716. The summed E-state index contributed by atoms with van der Waals surface area (Å²) in [7, 11) is -2.06. The zero-order valence-corrected chi connectivity index (χ0v) is 18.5. The molecule has 6 atom stereocenters. The van der Waals surface area contributed by atoms with Gasteiger partial charge in [0.15, 0.2) is 0 Å². The molecule has 1 aromatic heterocycles.